The smallest absolute Gasteiger partial charge is 0.257 e. The van der Waals surface area contributed by atoms with Crippen molar-refractivity contribution < 1.29 is 24.3 Å². The number of carboxylic acid groups (broad SMARTS) is 1. The van der Waals surface area contributed by atoms with Crippen molar-refractivity contribution in [2.75, 3.05) is 11.4 Å². The van der Waals surface area contributed by atoms with Gasteiger partial charge in [0.2, 0.25) is 11.8 Å². The number of hydrogen-bond donors (Lipinski definition) is 0. The molecule has 1 atom stereocenters. The van der Waals surface area contributed by atoms with Crippen LogP contribution in [0, 0.1) is 0 Å². The third-order valence-electron chi connectivity index (χ3n) is 4.64. The van der Waals surface area contributed by atoms with Gasteiger partial charge in [-0.15, -0.1) is 0 Å². The fourth-order valence-electron chi connectivity index (χ4n) is 3.26. The molecule has 3 rings (SSSR count). The van der Waals surface area contributed by atoms with E-state index in [1.54, 1.807) is 30.3 Å². The summed E-state index contributed by atoms with van der Waals surface area (Å²) in [5.41, 5.74) is 1.39. The highest BCUT2D eigenvalue weighted by Crippen LogP contribution is 2.26. The second-order valence-electron chi connectivity index (χ2n) is 6.54. The zero-order chi connectivity index (χ0) is 20.8. The molecule has 7 nitrogen and oxygen atoms in total. The molecular formula is C22H19N2O5-. The van der Waals surface area contributed by atoms with Gasteiger partial charge < -0.3 is 14.8 Å². The summed E-state index contributed by atoms with van der Waals surface area (Å²) in [6.07, 6.45) is 1.76. The molecule has 0 spiro atoms. The number of hydrogen-bond acceptors (Lipinski definition) is 5. The Balaban J connectivity index is 1.84. The Kier molecular flexibility index (Phi) is 6.19. The second-order valence-corrected chi connectivity index (χ2v) is 6.54. The average Bonchev–Trinajstić information content (AvgIpc) is 3.02. The van der Waals surface area contributed by atoms with Crippen molar-refractivity contribution in [2.24, 2.45) is 0 Å². The highest BCUT2D eigenvalue weighted by molar-refractivity contribution is 6.23. The van der Waals surface area contributed by atoms with Crippen LogP contribution in [0.4, 0.5) is 5.69 Å². The molecule has 0 bridgehead atoms. The fraction of sp³-hybridized carbons (Fsp3) is 0.182. The number of carbonyl (C=O) groups excluding carboxylic acids is 4. The Morgan fingerprint density at radius 3 is 2.24 bits per heavy atom. The standard InChI is InChI=1S/C22H20N2O5/c25-19(11-12-21(27)28)23(14-13-16-7-3-1-4-8-16)18-15-20(26)24(22(18)29)17-9-5-2-6-10-17/h1-12,18H,13-15H2,(H,27,28)/p-1/b12-11+/t18-/m0/s1. The monoisotopic (exact) mass is 391 g/mol. The van der Waals surface area contributed by atoms with Crippen LogP contribution in [0.25, 0.3) is 0 Å². The number of carbonyl (C=O) groups is 4. The van der Waals surface area contributed by atoms with Crippen molar-refractivity contribution in [3.05, 3.63) is 78.4 Å². The van der Waals surface area contributed by atoms with Crippen molar-refractivity contribution in [2.45, 2.75) is 18.9 Å². The van der Waals surface area contributed by atoms with Gasteiger partial charge in [0.15, 0.2) is 0 Å². The molecule has 1 saturated heterocycles. The van der Waals surface area contributed by atoms with Crippen LogP contribution in [0.3, 0.4) is 0 Å². The molecular weight excluding hydrogens is 372 g/mol. The van der Waals surface area contributed by atoms with Crippen LogP contribution in [0.5, 0.6) is 0 Å². The summed E-state index contributed by atoms with van der Waals surface area (Å²) in [4.78, 5) is 51.1. The molecule has 0 N–H and O–H groups in total. The summed E-state index contributed by atoms with van der Waals surface area (Å²) in [6, 6.07) is 16.8. The maximum Gasteiger partial charge on any atom is 0.257 e. The molecule has 1 aliphatic heterocycles. The number of anilines is 1. The maximum atomic E-state index is 13.0. The lowest BCUT2D eigenvalue weighted by molar-refractivity contribution is -0.297. The van der Waals surface area contributed by atoms with Gasteiger partial charge in [0.25, 0.3) is 5.91 Å². The number of rotatable bonds is 7. The average molecular weight is 391 g/mol. The number of aliphatic carboxylic acids is 1. The largest absolute Gasteiger partial charge is 0.545 e. The molecule has 0 radical (unpaired) electrons. The first-order valence-electron chi connectivity index (χ1n) is 9.13. The summed E-state index contributed by atoms with van der Waals surface area (Å²) >= 11 is 0. The summed E-state index contributed by atoms with van der Waals surface area (Å²) < 4.78 is 0. The van der Waals surface area contributed by atoms with E-state index in [0.29, 0.717) is 18.2 Å². The first-order chi connectivity index (χ1) is 14.0. The Labute approximate surface area is 167 Å². The van der Waals surface area contributed by atoms with Gasteiger partial charge in [0, 0.05) is 12.6 Å². The van der Waals surface area contributed by atoms with E-state index in [1.165, 1.54) is 4.90 Å². The van der Waals surface area contributed by atoms with E-state index < -0.39 is 29.7 Å². The number of amides is 3. The summed E-state index contributed by atoms with van der Waals surface area (Å²) in [5, 5.41) is 10.7. The second kappa shape index (κ2) is 8.97. The van der Waals surface area contributed by atoms with E-state index in [0.717, 1.165) is 16.5 Å². The van der Waals surface area contributed by atoms with Crippen LogP contribution >= 0.6 is 0 Å². The minimum absolute atomic E-state index is 0.159. The number of carboxylic acids is 1. The van der Waals surface area contributed by atoms with Gasteiger partial charge >= 0.3 is 0 Å². The fourth-order valence-corrected chi connectivity index (χ4v) is 3.26. The zero-order valence-electron chi connectivity index (χ0n) is 15.6. The number of imide groups is 1. The van der Waals surface area contributed by atoms with Gasteiger partial charge in [-0.25, -0.2) is 4.90 Å². The minimum Gasteiger partial charge on any atom is -0.545 e. The van der Waals surface area contributed by atoms with Crippen molar-refractivity contribution in [1.82, 2.24) is 4.90 Å². The first-order valence-corrected chi connectivity index (χ1v) is 9.13. The molecule has 1 aliphatic rings. The molecule has 3 amide bonds. The first kappa shape index (κ1) is 20.0. The normalized spacial score (nSPS) is 16.4. The van der Waals surface area contributed by atoms with Gasteiger partial charge in [-0.1, -0.05) is 48.5 Å². The van der Waals surface area contributed by atoms with Crippen molar-refractivity contribution >= 4 is 29.4 Å². The van der Waals surface area contributed by atoms with Crippen LogP contribution in [-0.2, 0) is 25.6 Å². The molecule has 29 heavy (non-hydrogen) atoms. The topological polar surface area (TPSA) is 97.8 Å². The van der Waals surface area contributed by atoms with E-state index in [-0.39, 0.29) is 13.0 Å². The van der Waals surface area contributed by atoms with Gasteiger partial charge in [0.1, 0.15) is 6.04 Å². The summed E-state index contributed by atoms with van der Waals surface area (Å²) in [6.45, 7) is 0.159. The lowest BCUT2D eigenvalue weighted by atomic mass is 10.1. The van der Waals surface area contributed by atoms with Gasteiger partial charge in [-0.3, -0.25) is 14.4 Å². The van der Waals surface area contributed by atoms with E-state index in [9.17, 15) is 24.3 Å². The molecule has 2 aromatic rings. The highest BCUT2D eigenvalue weighted by atomic mass is 16.4. The predicted octanol–water partition coefficient (Wildman–Crippen LogP) is 0.696. The lowest BCUT2D eigenvalue weighted by Crippen LogP contribution is -2.46. The highest BCUT2D eigenvalue weighted by Gasteiger charge is 2.43. The van der Waals surface area contributed by atoms with Crippen LogP contribution in [0.1, 0.15) is 12.0 Å². The molecule has 1 fully saturated rings. The van der Waals surface area contributed by atoms with Gasteiger partial charge in [0.05, 0.1) is 18.1 Å². The van der Waals surface area contributed by atoms with E-state index in [2.05, 4.69) is 0 Å². The quantitative estimate of drug-likeness (QED) is 0.511. The van der Waals surface area contributed by atoms with Crippen molar-refractivity contribution in [3.8, 4) is 0 Å². The Morgan fingerprint density at radius 1 is 1.00 bits per heavy atom. The Morgan fingerprint density at radius 2 is 1.62 bits per heavy atom. The Bertz CT molecular complexity index is 940. The third kappa shape index (κ3) is 4.76. The lowest BCUT2D eigenvalue weighted by Gasteiger charge is -2.26. The predicted molar refractivity (Wildman–Crippen MR) is 103 cm³/mol. The van der Waals surface area contributed by atoms with Crippen molar-refractivity contribution in [3.63, 3.8) is 0 Å². The van der Waals surface area contributed by atoms with Crippen LogP contribution in [0.15, 0.2) is 72.8 Å². The van der Waals surface area contributed by atoms with Crippen LogP contribution < -0.4 is 10.0 Å². The molecule has 2 aromatic carbocycles. The molecule has 0 saturated carbocycles. The zero-order valence-corrected chi connectivity index (χ0v) is 15.6. The summed E-state index contributed by atoms with van der Waals surface area (Å²) in [5.74, 6) is -3.09. The Hall–Kier alpha value is -3.74. The maximum absolute atomic E-state index is 13.0. The molecule has 0 unspecified atom stereocenters. The van der Waals surface area contributed by atoms with Crippen LogP contribution in [-0.4, -0.2) is 41.2 Å². The molecule has 0 aliphatic carbocycles. The molecule has 148 valence electrons. The molecule has 0 aromatic heterocycles. The summed E-state index contributed by atoms with van der Waals surface area (Å²) in [7, 11) is 0. The van der Waals surface area contributed by atoms with Gasteiger partial charge in [-0.2, -0.15) is 0 Å². The molecule has 1 heterocycles. The minimum atomic E-state index is -1.51. The third-order valence-corrected chi connectivity index (χ3v) is 4.64. The van der Waals surface area contributed by atoms with Gasteiger partial charge in [-0.05, 0) is 30.2 Å². The SMILES string of the molecule is O=C([O-])/C=C/C(=O)N(CCc1ccccc1)[C@H]1CC(=O)N(c2ccccc2)C1=O. The van der Waals surface area contributed by atoms with Crippen LogP contribution in [0.2, 0.25) is 0 Å². The number of para-hydroxylation sites is 1. The number of nitrogens with zero attached hydrogens (tertiary/aromatic N) is 2. The number of benzene rings is 2. The van der Waals surface area contributed by atoms with E-state index >= 15 is 0 Å². The molecule has 7 heteroatoms. The van der Waals surface area contributed by atoms with E-state index in [1.807, 2.05) is 30.3 Å². The van der Waals surface area contributed by atoms with Crippen molar-refractivity contribution in [1.29, 1.82) is 0 Å². The van der Waals surface area contributed by atoms with E-state index in [4.69, 9.17) is 0 Å².